The van der Waals surface area contributed by atoms with Crippen LogP contribution in [0.15, 0.2) is 24.3 Å². The molecule has 1 rings (SSSR count). The molecule has 6 heteroatoms. The number of hydrogen-bond acceptors (Lipinski definition) is 4. The molecule has 1 atom stereocenters. The van der Waals surface area contributed by atoms with Crippen LogP contribution in [-0.2, 0) is 4.79 Å². The quantitative estimate of drug-likeness (QED) is 0.590. The number of nitro benzene ring substituents is 1. The van der Waals surface area contributed by atoms with Crippen LogP contribution in [0.4, 0.5) is 11.4 Å². The molecule has 86 valence electrons. The summed E-state index contributed by atoms with van der Waals surface area (Å²) in [4.78, 5) is 21.5. The Morgan fingerprint density at radius 3 is 2.88 bits per heavy atom. The molecular weight excluding hydrogens is 210 g/mol. The van der Waals surface area contributed by atoms with Gasteiger partial charge in [0.15, 0.2) is 0 Å². The highest BCUT2D eigenvalue weighted by Crippen LogP contribution is 2.17. The molecule has 0 aromatic heterocycles. The maximum absolute atomic E-state index is 11.5. The van der Waals surface area contributed by atoms with Crippen molar-refractivity contribution < 1.29 is 9.72 Å². The Bertz CT molecular complexity index is 406. The SMILES string of the molecule is CC(CN)C(=O)Nc1cccc([N+](=O)[O-])c1. The third kappa shape index (κ3) is 3.03. The van der Waals surface area contributed by atoms with Gasteiger partial charge >= 0.3 is 0 Å². The van der Waals surface area contributed by atoms with Crippen molar-refractivity contribution in [1.29, 1.82) is 0 Å². The van der Waals surface area contributed by atoms with Crippen LogP contribution < -0.4 is 11.1 Å². The molecule has 6 nitrogen and oxygen atoms in total. The Balaban J connectivity index is 2.78. The van der Waals surface area contributed by atoms with Gasteiger partial charge in [0.25, 0.3) is 5.69 Å². The molecule has 1 aromatic rings. The van der Waals surface area contributed by atoms with E-state index in [-0.39, 0.29) is 24.1 Å². The second-order valence-electron chi connectivity index (χ2n) is 3.43. The van der Waals surface area contributed by atoms with Gasteiger partial charge in [-0.25, -0.2) is 0 Å². The topological polar surface area (TPSA) is 98.3 Å². The highest BCUT2D eigenvalue weighted by molar-refractivity contribution is 5.92. The summed E-state index contributed by atoms with van der Waals surface area (Å²) in [5.41, 5.74) is 5.68. The normalized spacial score (nSPS) is 11.9. The lowest BCUT2D eigenvalue weighted by molar-refractivity contribution is -0.384. The van der Waals surface area contributed by atoms with Crippen molar-refractivity contribution in [2.75, 3.05) is 11.9 Å². The van der Waals surface area contributed by atoms with Gasteiger partial charge in [-0.05, 0) is 6.07 Å². The van der Waals surface area contributed by atoms with Crippen LogP contribution >= 0.6 is 0 Å². The molecule has 1 aromatic carbocycles. The summed E-state index contributed by atoms with van der Waals surface area (Å²) in [5, 5.41) is 13.1. The number of nitrogens with one attached hydrogen (secondary N) is 1. The molecule has 1 unspecified atom stereocenters. The maximum Gasteiger partial charge on any atom is 0.271 e. The van der Waals surface area contributed by atoms with Crippen LogP contribution in [0.25, 0.3) is 0 Å². The van der Waals surface area contributed by atoms with Gasteiger partial charge in [0, 0.05) is 30.3 Å². The molecule has 0 saturated carbocycles. The van der Waals surface area contributed by atoms with Crippen LogP contribution in [0, 0.1) is 16.0 Å². The number of non-ortho nitro benzene ring substituents is 1. The number of benzene rings is 1. The fourth-order valence-corrected chi connectivity index (χ4v) is 1.07. The van der Waals surface area contributed by atoms with Crippen LogP contribution in [0.5, 0.6) is 0 Å². The van der Waals surface area contributed by atoms with Crippen molar-refractivity contribution in [3.63, 3.8) is 0 Å². The van der Waals surface area contributed by atoms with E-state index in [0.29, 0.717) is 5.69 Å². The number of carbonyl (C=O) groups excluding carboxylic acids is 1. The minimum absolute atomic E-state index is 0.0572. The van der Waals surface area contributed by atoms with E-state index >= 15 is 0 Å². The van der Waals surface area contributed by atoms with Gasteiger partial charge in [0.1, 0.15) is 0 Å². The van der Waals surface area contributed by atoms with Crippen molar-refractivity contribution in [3.05, 3.63) is 34.4 Å². The second-order valence-corrected chi connectivity index (χ2v) is 3.43. The lowest BCUT2D eigenvalue weighted by Crippen LogP contribution is -2.26. The lowest BCUT2D eigenvalue weighted by Gasteiger charge is -2.09. The molecule has 0 spiro atoms. The predicted octanol–water partition coefficient (Wildman–Crippen LogP) is 1.13. The van der Waals surface area contributed by atoms with Gasteiger partial charge in [-0.1, -0.05) is 13.0 Å². The molecule has 1 amide bonds. The standard InChI is InChI=1S/C10H13N3O3/c1-7(6-11)10(14)12-8-3-2-4-9(5-8)13(15)16/h2-5,7H,6,11H2,1H3,(H,12,14). The zero-order valence-electron chi connectivity index (χ0n) is 8.84. The summed E-state index contributed by atoms with van der Waals surface area (Å²) in [5.74, 6) is -0.567. The van der Waals surface area contributed by atoms with Gasteiger partial charge in [-0.3, -0.25) is 14.9 Å². The summed E-state index contributed by atoms with van der Waals surface area (Å²) < 4.78 is 0. The van der Waals surface area contributed by atoms with Gasteiger partial charge in [-0.15, -0.1) is 0 Å². The smallest absolute Gasteiger partial charge is 0.271 e. The largest absolute Gasteiger partial charge is 0.330 e. The van der Waals surface area contributed by atoms with Crippen LogP contribution in [-0.4, -0.2) is 17.4 Å². The third-order valence-corrected chi connectivity index (χ3v) is 2.13. The predicted molar refractivity (Wildman–Crippen MR) is 59.9 cm³/mol. The number of anilines is 1. The first kappa shape index (κ1) is 12.1. The molecule has 0 aliphatic rings. The first-order chi connectivity index (χ1) is 7.54. The maximum atomic E-state index is 11.5. The molecule has 0 heterocycles. The molecule has 0 aliphatic heterocycles. The summed E-state index contributed by atoms with van der Waals surface area (Å²) >= 11 is 0. The van der Waals surface area contributed by atoms with Crippen molar-refractivity contribution in [1.82, 2.24) is 0 Å². The molecular formula is C10H13N3O3. The van der Waals surface area contributed by atoms with Gasteiger partial charge in [0.2, 0.25) is 5.91 Å². The van der Waals surface area contributed by atoms with Gasteiger partial charge < -0.3 is 11.1 Å². The van der Waals surface area contributed by atoms with Gasteiger partial charge in [-0.2, -0.15) is 0 Å². The Hall–Kier alpha value is -1.95. The first-order valence-corrected chi connectivity index (χ1v) is 4.80. The first-order valence-electron chi connectivity index (χ1n) is 4.80. The van der Waals surface area contributed by atoms with E-state index in [0.717, 1.165) is 0 Å². The van der Waals surface area contributed by atoms with E-state index in [1.807, 2.05) is 0 Å². The molecule has 3 N–H and O–H groups in total. The van der Waals surface area contributed by atoms with Crippen LogP contribution in [0.3, 0.4) is 0 Å². The van der Waals surface area contributed by atoms with E-state index in [2.05, 4.69) is 5.32 Å². The number of nitrogens with two attached hydrogens (primary N) is 1. The molecule has 16 heavy (non-hydrogen) atoms. The summed E-state index contributed by atoms with van der Waals surface area (Å²) in [6, 6.07) is 5.78. The van der Waals surface area contributed by atoms with E-state index in [4.69, 9.17) is 5.73 Å². The fraction of sp³-hybridized carbons (Fsp3) is 0.300. The number of nitrogens with zero attached hydrogens (tertiary/aromatic N) is 1. The van der Waals surface area contributed by atoms with E-state index in [1.54, 1.807) is 13.0 Å². The van der Waals surface area contributed by atoms with E-state index in [1.165, 1.54) is 18.2 Å². The average Bonchev–Trinajstić information content (AvgIpc) is 2.28. The lowest BCUT2D eigenvalue weighted by atomic mass is 10.1. The highest BCUT2D eigenvalue weighted by atomic mass is 16.6. The van der Waals surface area contributed by atoms with Gasteiger partial charge in [0.05, 0.1) is 4.92 Å². The minimum Gasteiger partial charge on any atom is -0.330 e. The number of amides is 1. The van der Waals surface area contributed by atoms with Crippen molar-refractivity contribution in [2.45, 2.75) is 6.92 Å². The second kappa shape index (κ2) is 5.22. The van der Waals surface area contributed by atoms with E-state index in [9.17, 15) is 14.9 Å². The average molecular weight is 223 g/mol. The minimum atomic E-state index is -0.512. The number of hydrogen-bond donors (Lipinski definition) is 2. The summed E-state index contributed by atoms with van der Waals surface area (Å²) in [7, 11) is 0. The molecule has 0 bridgehead atoms. The molecule has 0 radical (unpaired) electrons. The Kier molecular flexibility index (Phi) is 3.96. The Morgan fingerprint density at radius 2 is 2.31 bits per heavy atom. The van der Waals surface area contributed by atoms with E-state index < -0.39 is 4.92 Å². The third-order valence-electron chi connectivity index (χ3n) is 2.13. The zero-order valence-corrected chi connectivity index (χ0v) is 8.84. The van der Waals surface area contributed by atoms with Crippen molar-refractivity contribution >= 4 is 17.3 Å². The monoisotopic (exact) mass is 223 g/mol. The molecule has 0 saturated heterocycles. The van der Waals surface area contributed by atoms with Crippen molar-refractivity contribution in [3.8, 4) is 0 Å². The Labute approximate surface area is 92.6 Å². The zero-order chi connectivity index (χ0) is 12.1. The Morgan fingerprint density at radius 1 is 1.62 bits per heavy atom. The highest BCUT2D eigenvalue weighted by Gasteiger charge is 2.12. The molecule has 0 fully saturated rings. The summed E-state index contributed by atoms with van der Waals surface area (Å²) in [6.45, 7) is 1.92. The summed E-state index contributed by atoms with van der Waals surface area (Å²) in [6.07, 6.45) is 0. The number of nitro groups is 1. The fourth-order valence-electron chi connectivity index (χ4n) is 1.07. The van der Waals surface area contributed by atoms with Crippen LogP contribution in [0.2, 0.25) is 0 Å². The number of rotatable bonds is 4. The van der Waals surface area contributed by atoms with Crippen molar-refractivity contribution in [2.24, 2.45) is 11.7 Å². The number of carbonyl (C=O) groups is 1. The van der Waals surface area contributed by atoms with Crippen LogP contribution in [0.1, 0.15) is 6.92 Å². The molecule has 0 aliphatic carbocycles.